The minimum Gasteiger partial charge on any atom is -0.465 e. The van der Waals surface area contributed by atoms with Gasteiger partial charge in [-0.3, -0.25) is 9.69 Å². The SMILES string of the molecule is CN(C(=O)O)[C@@]1(C(=O)C2CCN(c3ccc(C#N)cn3)CC2)CNC[C@@H]1c1ccc(F)cc1. The maximum atomic E-state index is 14.0. The standard InChI is InChI=1S/C24H26FN5O3/c1-29(23(32)33)24(15-27-14-20(24)17-3-5-19(25)6-4-17)22(31)18-8-10-30(11-9-18)21-7-2-16(12-26)13-28-21/h2-7,13,18,20,27H,8-11,14-15H2,1H3,(H,32,33)/t20-,24+/m1/s1. The van der Waals surface area contributed by atoms with Crippen LogP contribution in [-0.4, -0.2) is 65.6 Å². The zero-order valence-electron chi connectivity index (χ0n) is 18.4. The monoisotopic (exact) mass is 451 g/mol. The van der Waals surface area contributed by atoms with Crippen LogP contribution in [0.5, 0.6) is 0 Å². The van der Waals surface area contributed by atoms with Gasteiger partial charge in [-0.25, -0.2) is 14.2 Å². The fraction of sp³-hybridized carbons (Fsp3) is 0.417. The predicted molar refractivity (Wildman–Crippen MR) is 119 cm³/mol. The van der Waals surface area contributed by atoms with Gasteiger partial charge in [0.1, 0.15) is 23.2 Å². The topological polar surface area (TPSA) is 110 Å². The Morgan fingerprint density at radius 3 is 2.52 bits per heavy atom. The number of halogens is 1. The van der Waals surface area contributed by atoms with Crippen molar-refractivity contribution in [3.8, 4) is 6.07 Å². The van der Waals surface area contributed by atoms with Crippen molar-refractivity contribution in [3.63, 3.8) is 0 Å². The average Bonchev–Trinajstić information content (AvgIpc) is 3.29. The van der Waals surface area contributed by atoms with Crippen LogP contribution < -0.4 is 10.2 Å². The van der Waals surface area contributed by atoms with Crippen molar-refractivity contribution in [2.45, 2.75) is 24.3 Å². The summed E-state index contributed by atoms with van der Waals surface area (Å²) in [6.07, 6.45) is 1.51. The third kappa shape index (κ3) is 4.14. The van der Waals surface area contributed by atoms with Crippen molar-refractivity contribution < 1.29 is 19.1 Å². The largest absolute Gasteiger partial charge is 0.465 e. The van der Waals surface area contributed by atoms with E-state index in [-0.39, 0.29) is 24.1 Å². The van der Waals surface area contributed by atoms with E-state index in [2.05, 4.69) is 15.2 Å². The fourth-order valence-electron chi connectivity index (χ4n) is 5.10. The summed E-state index contributed by atoms with van der Waals surface area (Å²) in [4.78, 5) is 33.5. The lowest BCUT2D eigenvalue weighted by Crippen LogP contribution is -2.61. The molecule has 1 amide bonds. The Hall–Kier alpha value is -3.51. The summed E-state index contributed by atoms with van der Waals surface area (Å²) in [6.45, 7) is 1.87. The highest BCUT2D eigenvalue weighted by Crippen LogP contribution is 2.40. The van der Waals surface area contributed by atoms with Crippen molar-refractivity contribution in [2.75, 3.05) is 38.1 Å². The Balaban J connectivity index is 1.57. The van der Waals surface area contributed by atoms with Gasteiger partial charge < -0.3 is 15.3 Å². The molecule has 0 saturated carbocycles. The molecule has 0 radical (unpaired) electrons. The number of carbonyl (C=O) groups excluding carboxylic acids is 1. The summed E-state index contributed by atoms with van der Waals surface area (Å²) >= 11 is 0. The van der Waals surface area contributed by atoms with E-state index in [0.29, 0.717) is 38.0 Å². The molecule has 172 valence electrons. The number of hydrogen-bond donors (Lipinski definition) is 2. The number of pyridine rings is 1. The molecule has 2 fully saturated rings. The van der Waals surface area contributed by atoms with Crippen molar-refractivity contribution >= 4 is 17.7 Å². The number of anilines is 1. The number of Topliss-reactive ketones (excluding diaryl/α,β-unsaturated/α-hetero) is 1. The Labute approximate surface area is 191 Å². The van der Waals surface area contributed by atoms with Crippen LogP contribution in [0.15, 0.2) is 42.6 Å². The third-order valence-corrected chi connectivity index (χ3v) is 6.97. The molecule has 0 unspecified atom stereocenters. The van der Waals surface area contributed by atoms with Gasteiger partial charge in [-0.05, 0) is 42.7 Å². The van der Waals surface area contributed by atoms with Crippen LogP contribution in [0.3, 0.4) is 0 Å². The number of hydrogen-bond acceptors (Lipinski definition) is 6. The number of nitriles is 1. The van der Waals surface area contributed by atoms with Crippen molar-refractivity contribution in [1.82, 2.24) is 15.2 Å². The van der Waals surface area contributed by atoms with E-state index in [1.165, 1.54) is 25.4 Å². The van der Waals surface area contributed by atoms with E-state index < -0.39 is 17.6 Å². The summed E-state index contributed by atoms with van der Waals surface area (Å²) in [5.74, 6) is -0.436. The van der Waals surface area contributed by atoms with Crippen LogP contribution >= 0.6 is 0 Å². The summed E-state index contributed by atoms with van der Waals surface area (Å²) in [5.41, 5.74) is -0.0338. The normalized spacial score (nSPS) is 23.2. The van der Waals surface area contributed by atoms with Gasteiger partial charge in [0.05, 0.1) is 5.56 Å². The maximum Gasteiger partial charge on any atom is 0.407 e. The van der Waals surface area contributed by atoms with E-state index in [4.69, 9.17) is 5.26 Å². The number of amides is 1. The number of ketones is 1. The van der Waals surface area contributed by atoms with Gasteiger partial charge in [-0.2, -0.15) is 5.26 Å². The zero-order chi connectivity index (χ0) is 23.6. The second-order valence-corrected chi connectivity index (χ2v) is 8.64. The molecule has 2 atom stereocenters. The molecule has 4 rings (SSSR count). The van der Waals surface area contributed by atoms with Gasteiger partial charge in [0.25, 0.3) is 0 Å². The smallest absolute Gasteiger partial charge is 0.407 e. The lowest BCUT2D eigenvalue weighted by Gasteiger charge is -2.43. The molecule has 2 aliphatic heterocycles. The number of nitrogens with zero attached hydrogens (tertiary/aromatic N) is 4. The molecule has 3 heterocycles. The van der Waals surface area contributed by atoms with E-state index >= 15 is 0 Å². The second kappa shape index (κ2) is 9.16. The molecular formula is C24H26FN5O3. The quantitative estimate of drug-likeness (QED) is 0.719. The van der Waals surface area contributed by atoms with Crippen LogP contribution in [0.1, 0.15) is 29.9 Å². The second-order valence-electron chi connectivity index (χ2n) is 8.64. The number of likely N-dealkylation sites (N-methyl/N-ethyl adjacent to an activating group) is 1. The zero-order valence-corrected chi connectivity index (χ0v) is 18.4. The van der Waals surface area contributed by atoms with Gasteiger partial charge >= 0.3 is 6.09 Å². The van der Waals surface area contributed by atoms with Gasteiger partial charge in [-0.1, -0.05) is 12.1 Å². The van der Waals surface area contributed by atoms with Gasteiger partial charge in [0, 0.05) is 51.3 Å². The first-order valence-electron chi connectivity index (χ1n) is 10.9. The number of carboxylic acid groups (broad SMARTS) is 1. The minimum absolute atomic E-state index is 0.0980. The first-order valence-corrected chi connectivity index (χ1v) is 10.9. The summed E-state index contributed by atoms with van der Waals surface area (Å²) in [5, 5.41) is 22.0. The van der Waals surface area contributed by atoms with Crippen LogP contribution in [0.2, 0.25) is 0 Å². The third-order valence-electron chi connectivity index (χ3n) is 6.97. The molecular weight excluding hydrogens is 425 g/mol. The summed E-state index contributed by atoms with van der Waals surface area (Å²) in [7, 11) is 1.44. The number of carbonyl (C=O) groups is 2. The van der Waals surface area contributed by atoms with Crippen molar-refractivity contribution in [3.05, 3.63) is 59.5 Å². The van der Waals surface area contributed by atoms with Gasteiger partial charge in [-0.15, -0.1) is 0 Å². The average molecular weight is 452 g/mol. The lowest BCUT2D eigenvalue weighted by molar-refractivity contribution is -0.134. The van der Waals surface area contributed by atoms with Gasteiger partial charge in [0.2, 0.25) is 0 Å². The summed E-state index contributed by atoms with van der Waals surface area (Å²) < 4.78 is 13.5. The maximum absolute atomic E-state index is 14.0. The number of benzene rings is 1. The Morgan fingerprint density at radius 2 is 1.94 bits per heavy atom. The van der Waals surface area contributed by atoms with Crippen molar-refractivity contribution in [1.29, 1.82) is 5.26 Å². The molecule has 2 N–H and O–H groups in total. The van der Waals surface area contributed by atoms with E-state index in [9.17, 15) is 19.1 Å². The number of nitrogens with one attached hydrogen (secondary N) is 1. The lowest BCUT2D eigenvalue weighted by atomic mass is 9.72. The first-order chi connectivity index (χ1) is 15.9. The molecule has 9 heteroatoms. The number of piperidine rings is 1. The van der Waals surface area contributed by atoms with Crippen LogP contribution in [0.4, 0.5) is 15.0 Å². The Morgan fingerprint density at radius 1 is 1.24 bits per heavy atom. The molecule has 0 aliphatic carbocycles. The van der Waals surface area contributed by atoms with E-state index in [0.717, 1.165) is 16.3 Å². The molecule has 2 aromatic rings. The van der Waals surface area contributed by atoms with Crippen LogP contribution in [-0.2, 0) is 4.79 Å². The molecule has 2 saturated heterocycles. The molecule has 2 aliphatic rings. The highest BCUT2D eigenvalue weighted by Gasteiger charge is 2.56. The molecule has 33 heavy (non-hydrogen) atoms. The number of aromatic nitrogens is 1. The fourth-order valence-corrected chi connectivity index (χ4v) is 5.10. The van der Waals surface area contributed by atoms with Crippen LogP contribution in [0.25, 0.3) is 0 Å². The van der Waals surface area contributed by atoms with E-state index in [1.807, 2.05) is 6.07 Å². The highest BCUT2D eigenvalue weighted by molar-refractivity contribution is 5.95. The molecule has 1 aromatic carbocycles. The highest BCUT2D eigenvalue weighted by atomic mass is 19.1. The predicted octanol–water partition coefficient (Wildman–Crippen LogP) is 2.61. The van der Waals surface area contributed by atoms with Crippen LogP contribution in [0, 0.1) is 23.1 Å². The minimum atomic E-state index is -1.26. The molecule has 1 aromatic heterocycles. The van der Waals surface area contributed by atoms with Gasteiger partial charge in [0.15, 0.2) is 5.78 Å². The molecule has 0 spiro atoms. The first kappa shape index (κ1) is 22.7. The summed E-state index contributed by atoms with van der Waals surface area (Å²) in [6, 6.07) is 11.5. The van der Waals surface area contributed by atoms with Crippen molar-refractivity contribution in [2.24, 2.45) is 5.92 Å². The number of rotatable bonds is 5. The van der Waals surface area contributed by atoms with E-state index in [1.54, 1.807) is 24.3 Å². The molecule has 8 nitrogen and oxygen atoms in total. The Bertz CT molecular complexity index is 1060. The molecule has 0 bridgehead atoms. The Kier molecular flexibility index (Phi) is 6.29.